The molecule has 86 valence electrons. The third-order valence-corrected chi connectivity index (χ3v) is 3.97. The molecule has 2 rings (SSSR count). The van der Waals surface area contributed by atoms with E-state index in [9.17, 15) is 0 Å². The molecular formula is C12H17N3S. The number of nitrogens with one attached hydrogen (secondary N) is 1. The highest BCUT2D eigenvalue weighted by Gasteiger charge is 2.24. The highest BCUT2D eigenvalue weighted by atomic mass is 32.1. The van der Waals surface area contributed by atoms with E-state index in [1.165, 1.54) is 12.8 Å². The van der Waals surface area contributed by atoms with Crippen molar-refractivity contribution in [3.63, 3.8) is 0 Å². The van der Waals surface area contributed by atoms with Crippen LogP contribution in [0.1, 0.15) is 36.4 Å². The van der Waals surface area contributed by atoms with Crippen molar-refractivity contribution >= 4 is 11.3 Å². The van der Waals surface area contributed by atoms with Crippen LogP contribution in [0.3, 0.4) is 0 Å². The summed E-state index contributed by atoms with van der Waals surface area (Å²) in [6, 6.07) is 2.78. The zero-order chi connectivity index (χ0) is 11.4. The Labute approximate surface area is 101 Å². The van der Waals surface area contributed by atoms with Gasteiger partial charge in [-0.2, -0.15) is 5.26 Å². The molecule has 16 heavy (non-hydrogen) atoms. The fourth-order valence-corrected chi connectivity index (χ4v) is 2.87. The smallest absolute Gasteiger partial charge is 0.0897 e. The Morgan fingerprint density at radius 3 is 3.06 bits per heavy atom. The van der Waals surface area contributed by atoms with E-state index >= 15 is 0 Å². The average molecular weight is 235 g/mol. The monoisotopic (exact) mass is 235 g/mol. The quantitative estimate of drug-likeness (QED) is 0.876. The van der Waals surface area contributed by atoms with Crippen molar-refractivity contribution in [2.75, 3.05) is 0 Å². The zero-order valence-corrected chi connectivity index (χ0v) is 10.4. The Kier molecular flexibility index (Phi) is 3.92. The van der Waals surface area contributed by atoms with Crippen molar-refractivity contribution < 1.29 is 0 Å². The maximum Gasteiger partial charge on any atom is 0.0897 e. The van der Waals surface area contributed by atoms with Crippen LogP contribution in [0.2, 0.25) is 0 Å². The molecule has 0 amide bonds. The van der Waals surface area contributed by atoms with Crippen molar-refractivity contribution in [2.24, 2.45) is 5.92 Å². The van der Waals surface area contributed by atoms with E-state index in [0.717, 1.165) is 30.1 Å². The molecule has 0 aromatic carbocycles. The molecule has 1 heterocycles. The number of rotatable bonds is 3. The SMILES string of the molecule is Cc1nc(CNC2CCCCC2C#N)cs1. The van der Waals surface area contributed by atoms with E-state index in [0.29, 0.717) is 6.04 Å². The van der Waals surface area contributed by atoms with Gasteiger partial charge in [-0.05, 0) is 19.8 Å². The molecule has 1 aromatic rings. The molecule has 1 N–H and O–H groups in total. The Bertz CT molecular complexity index is 380. The molecule has 3 nitrogen and oxygen atoms in total. The van der Waals surface area contributed by atoms with Gasteiger partial charge in [0.25, 0.3) is 0 Å². The van der Waals surface area contributed by atoms with Gasteiger partial charge in [0.1, 0.15) is 0 Å². The molecule has 1 aliphatic carbocycles. The highest BCUT2D eigenvalue weighted by Crippen LogP contribution is 2.24. The summed E-state index contributed by atoms with van der Waals surface area (Å²) in [5.41, 5.74) is 1.10. The van der Waals surface area contributed by atoms with Gasteiger partial charge in [-0.3, -0.25) is 0 Å². The number of thiazole rings is 1. The van der Waals surface area contributed by atoms with Crippen molar-refractivity contribution in [3.05, 3.63) is 16.1 Å². The van der Waals surface area contributed by atoms with Gasteiger partial charge in [-0.25, -0.2) is 4.98 Å². The maximum absolute atomic E-state index is 9.06. The number of hydrogen-bond acceptors (Lipinski definition) is 4. The Morgan fingerprint density at radius 1 is 1.56 bits per heavy atom. The summed E-state index contributed by atoms with van der Waals surface area (Å²) in [5, 5.41) is 15.7. The van der Waals surface area contributed by atoms with Gasteiger partial charge in [0.2, 0.25) is 0 Å². The Hall–Kier alpha value is -0.920. The number of aryl methyl sites for hydroxylation is 1. The first kappa shape index (κ1) is 11.6. The van der Waals surface area contributed by atoms with Gasteiger partial charge in [0.15, 0.2) is 0 Å². The summed E-state index contributed by atoms with van der Waals surface area (Å²) in [7, 11) is 0. The molecule has 1 fully saturated rings. The highest BCUT2D eigenvalue weighted by molar-refractivity contribution is 7.09. The minimum absolute atomic E-state index is 0.188. The van der Waals surface area contributed by atoms with Gasteiger partial charge in [0.05, 0.1) is 22.7 Å². The fraction of sp³-hybridized carbons (Fsp3) is 0.667. The first-order valence-electron chi connectivity index (χ1n) is 5.83. The number of aromatic nitrogens is 1. The third kappa shape index (κ3) is 2.81. The molecule has 0 radical (unpaired) electrons. The molecule has 0 saturated heterocycles. The fourth-order valence-electron chi connectivity index (χ4n) is 2.25. The molecule has 1 aliphatic rings. The van der Waals surface area contributed by atoms with Crippen molar-refractivity contribution in [3.8, 4) is 6.07 Å². The van der Waals surface area contributed by atoms with Crippen LogP contribution in [0.25, 0.3) is 0 Å². The maximum atomic E-state index is 9.06. The predicted molar refractivity (Wildman–Crippen MR) is 65.0 cm³/mol. The van der Waals surface area contributed by atoms with Crippen LogP contribution in [-0.2, 0) is 6.54 Å². The summed E-state index contributed by atoms with van der Waals surface area (Å²) in [6.45, 7) is 2.82. The molecule has 4 heteroatoms. The zero-order valence-electron chi connectivity index (χ0n) is 9.57. The molecule has 2 atom stereocenters. The minimum atomic E-state index is 0.188. The molecule has 2 unspecified atom stereocenters. The van der Waals surface area contributed by atoms with Crippen LogP contribution in [0, 0.1) is 24.2 Å². The van der Waals surface area contributed by atoms with Gasteiger partial charge < -0.3 is 5.32 Å². The minimum Gasteiger partial charge on any atom is -0.307 e. The molecule has 0 aliphatic heterocycles. The topological polar surface area (TPSA) is 48.7 Å². The van der Waals surface area contributed by atoms with Gasteiger partial charge >= 0.3 is 0 Å². The summed E-state index contributed by atoms with van der Waals surface area (Å²) < 4.78 is 0. The normalized spacial score (nSPS) is 25.2. The van der Waals surface area contributed by atoms with Crippen LogP contribution < -0.4 is 5.32 Å². The molecular weight excluding hydrogens is 218 g/mol. The van der Waals surface area contributed by atoms with Gasteiger partial charge in [0, 0.05) is 18.0 Å². The van der Waals surface area contributed by atoms with E-state index in [1.54, 1.807) is 11.3 Å². The van der Waals surface area contributed by atoms with Gasteiger partial charge in [-0.1, -0.05) is 12.8 Å². The van der Waals surface area contributed by atoms with Crippen molar-refractivity contribution in [1.82, 2.24) is 10.3 Å². The predicted octanol–water partition coefficient (Wildman–Crippen LogP) is 2.62. The molecule has 0 spiro atoms. The second kappa shape index (κ2) is 5.42. The summed E-state index contributed by atoms with van der Waals surface area (Å²) >= 11 is 1.68. The van der Waals surface area contributed by atoms with Crippen LogP contribution in [0.5, 0.6) is 0 Å². The van der Waals surface area contributed by atoms with E-state index in [2.05, 4.69) is 21.8 Å². The average Bonchev–Trinajstić information content (AvgIpc) is 2.73. The Morgan fingerprint density at radius 2 is 2.38 bits per heavy atom. The Balaban J connectivity index is 1.87. The van der Waals surface area contributed by atoms with E-state index in [-0.39, 0.29) is 5.92 Å². The lowest BCUT2D eigenvalue weighted by Gasteiger charge is -2.27. The van der Waals surface area contributed by atoms with E-state index in [4.69, 9.17) is 5.26 Å². The molecule has 1 aromatic heterocycles. The number of nitrogens with zero attached hydrogens (tertiary/aromatic N) is 2. The van der Waals surface area contributed by atoms with Crippen LogP contribution >= 0.6 is 11.3 Å². The van der Waals surface area contributed by atoms with Crippen molar-refractivity contribution in [2.45, 2.75) is 45.2 Å². The first-order valence-corrected chi connectivity index (χ1v) is 6.71. The molecule has 0 bridgehead atoms. The van der Waals surface area contributed by atoms with E-state index in [1.807, 2.05) is 6.92 Å². The van der Waals surface area contributed by atoms with Crippen molar-refractivity contribution in [1.29, 1.82) is 5.26 Å². The first-order chi connectivity index (χ1) is 7.79. The van der Waals surface area contributed by atoms with Gasteiger partial charge in [-0.15, -0.1) is 11.3 Å². The summed E-state index contributed by atoms with van der Waals surface area (Å²) in [6.07, 6.45) is 4.61. The summed E-state index contributed by atoms with van der Waals surface area (Å²) in [5.74, 6) is 0.188. The number of hydrogen-bond donors (Lipinski definition) is 1. The summed E-state index contributed by atoms with van der Waals surface area (Å²) in [4.78, 5) is 4.42. The second-order valence-corrected chi connectivity index (χ2v) is 5.43. The lowest BCUT2D eigenvalue weighted by atomic mass is 9.85. The van der Waals surface area contributed by atoms with E-state index < -0.39 is 0 Å². The third-order valence-electron chi connectivity index (χ3n) is 3.14. The largest absolute Gasteiger partial charge is 0.307 e. The lowest BCUT2D eigenvalue weighted by molar-refractivity contribution is 0.310. The standard InChI is InChI=1S/C12H17N3S/c1-9-15-11(8-16-9)7-14-12-5-3-2-4-10(12)6-13/h8,10,12,14H,2-5,7H2,1H3. The number of nitriles is 1. The lowest BCUT2D eigenvalue weighted by Crippen LogP contribution is -2.37. The second-order valence-electron chi connectivity index (χ2n) is 4.37. The molecule has 1 saturated carbocycles. The van der Waals surface area contributed by atoms with Crippen LogP contribution in [-0.4, -0.2) is 11.0 Å². The van der Waals surface area contributed by atoms with Crippen LogP contribution in [0.15, 0.2) is 5.38 Å². The van der Waals surface area contributed by atoms with Crippen LogP contribution in [0.4, 0.5) is 0 Å².